The highest BCUT2D eigenvalue weighted by molar-refractivity contribution is 6.99. The van der Waals surface area contributed by atoms with Crippen molar-refractivity contribution >= 4 is 57.2 Å². The van der Waals surface area contributed by atoms with Crippen molar-refractivity contribution in [3.05, 3.63) is 174 Å². The minimum absolute atomic E-state index is 0.0906. The van der Waals surface area contributed by atoms with Gasteiger partial charge in [0.2, 0.25) is 0 Å². The number of ether oxygens (including phenoxy) is 1. The zero-order valence-electron chi connectivity index (χ0n) is 28.7. The third-order valence-electron chi connectivity index (χ3n) is 11.8. The van der Waals surface area contributed by atoms with Gasteiger partial charge < -0.3 is 14.5 Å². The van der Waals surface area contributed by atoms with Crippen molar-refractivity contribution in [2.45, 2.75) is 32.1 Å². The quantitative estimate of drug-likeness (QED) is 0.176. The summed E-state index contributed by atoms with van der Waals surface area (Å²) in [6.45, 7) is 4.90. The number of hydrogen-bond donors (Lipinski definition) is 0. The van der Waals surface area contributed by atoms with E-state index >= 15 is 0 Å². The maximum Gasteiger partial charge on any atom is 0.256 e. The van der Waals surface area contributed by atoms with Crippen LogP contribution >= 0.6 is 0 Å². The van der Waals surface area contributed by atoms with Crippen LogP contribution in [0.1, 0.15) is 36.1 Å². The fraction of sp³-hybridized carbons (Fsp3) is 0.106. The zero-order chi connectivity index (χ0) is 33.8. The molecule has 0 saturated heterocycles. The predicted octanol–water partition coefficient (Wildman–Crippen LogP) is 9.97. The van der Waals surface area contributed by atoms with Crippen LogP contribution in [-0.4, -0.2) is 6.71 Å². The molecular formula is C47H35BN2O. The van der Waals surface area contributed by atoms with Gasteiger partial charge in [-0.1, -0.05) is 92.7 Å². The standard InChI is InChI=1S/C47H35BN2O/c1-47(2)38-27-35(49(32-13-6-3-7-14-32)33-15-8-4-9-16-33)23-24-36(38)37-28-43-40(29-39(37)47)48-41-25-30-21-22-31(30)26-45(41)51-44-20-12-19-42(46(44)48)50(43)34-17-10-5-11-18-34/h3-20,23-29H,21-22H2,1-2H3. The number of anilines is 6. The lowest BCUT2D eigenvalue weighted by Gasteiger charge is -2.41. The molecule has 0 N–H and O–H groups in total. The SMILES string of the molecule is CC1(C)c2cc(N(c3ccccc3)c3ccccc3)ccc2-c2cc3c(cc21)B1c2cc4c(cc2Oc2cccc(c21)N3c1ccccc1)CC4. The van der Waals surface area contributed by atoms with Gasteiger partial charge in [0.25, 0.3) is 6.71 Å². The summed E-state index contributed by atoms with van der Waals surface area (Å²) in [4.78, 5) is 4.83. The number of nitrogens with zero attached hydrogens (tertiary/aromatic N) is 2. The van der Waals surface area contributed by atoms with E-state index in [9.17, 15) is 0 Å². The molecule has 7 aromatic carbocycles. The summed E-state index contributed by atoms with van der Waals surface area (Å²) in [7, 11) is 0. The lowest BCUT2D eigenvalue weighted by molar-refractivity contribution is 0.485. The van der Waals surface area contributed by atoms with Crippen LogP contribution in [0.3, 0.4) is 0 Å². The molecule has 11 rings (SSSR count). The lowest BCUT2D eigenvalue weighted by atomic mass is 9.33. The minimum Gasteiger partial charge on any atom is -0.458 e. The van der Waals surface area contributed by atoms with Crippen molar-refractivity contribution in [3.8, 4) is 22.6 Å². The van der Waals surface area contributed by atoms with Gasteiger partial charge in [-0.2, -0.15) is 0 Å². The lowest BCUT2D eigenvalue weighted by Crippen LogP contribution is -2.60. The van der Waals surface area contributed by atoms with Crippen LogP contribution in [0, 0.1) is 0 Å². The normalized spacial score (nSPS) is 14.9. The molecule has 2 aliphatic carbocycles. The van der Waals surface area contributed by atoms with Crippen molar-refractivity contribution in [2.75, 3.05) is 9.80 Å². The van der Waals surface area contributed by atoms with E-state index in [0.29, 0.717) is 0 Å². The summed E-state index contributed by atoms with van der Waals surface area (Å²) < 4.78 is 6.75. The third kappa shape index (κ3) is 4.08. The summed E-state index contributed by atoms with van der Waals surface area (Å²) in [6.07, 6.45) is 2.28. The average Bonchev–Trinajstić information content (AvgIpc) is 3.37. The van der Waals surface area contributed by atoms with Gasteiger partial charge in [-0.3, -0.25) is 0 Å². The molecule has 2 aliphatic heterocycles. The van der Waals surface area contributed by atoms with Gasteiger partial charge in [-0.25, -0.2) is 0 Å². The molecule has 0 saturated carbocycles. The minimum atomic E-state index is -0.208. The Bertz CT molecular complexity index is 2510. The molecule has 0 amide bonds. The Hall–Kier alpha value is -6.00. The van der Waals surface area contributed by atoms with Crippen molar-refractivity contribution in [1.29, 1.82) is 0 Å². The van der Waals surface area contributed by atoms with E-state index in [4.69, 9.17) is 4.74 Å². The molecule has 3 nitrogen and oxygen atoms in total. The van der Waals surface area contributed by atoms with Crippen LogP contribution < -0.4 is 30.9 Å². The predicted molar refractivity (Wildman–Crippen MR) is 212 cm³/mol. The highest BCUT2D eigenvalue weighted by Gasteiger charge is 2.45. The Kier molecular flexibility index (Phi) is 5.93. The highest BCUT2D eigenvalue weighted by atomic mass is 16.5. The maximum atomic E-state index is 6.75. The number of fused-ring (bicyclic) bond motifs is 8. The highest BCUT2D eigenvalue weighted by Crippen LogP contribution is 2.53. The Balaban J connectivity index is 1.14. The second-order valence-corrected chi connectivity index (χ2v) is 14.9. The Labute approximate surface area is 299 Å². The van der Waals surface area contributed by atoms with Gasteiger partial charge in [-0.05, 0) is 135 Å². The van der Waals surface area contributed by atoms with Gasteiger partial charge in [0.1, 0.15) is 11.5 Å². The summed E-state index contributed by atoms with van der Waals surface area (Å²) in [5, 5.41) is 0. The van der Waals surface area contributed by atoms with Gasteiger partial charge >= 0.3 is 0 Å². The number of aryl methyl sites for hydroxylation is 2. The first-order chi connectivity index (χ1) is 25.0. The summed E-state index contributed by atoms with van der Waals surface area (Å²) in [6, 6.07) is 55.7. The Morgan fingerprint density at radius 2 is 1.22 bits per heavy atom. The van der Waals surface area contributed by atoms with Crippen LogP contribution in [0.2, 0.25) is 0 Å². The molecular weight excluding hydrogens is 619 g/mol. The van der Waals surface area contributed by atoms with Crippen molar-refractivity contribution in [3.63, 3.8) is 0 Å². The van der Waals surface area contributed by atoms with E-state index < -0.39 is 0 Å². The molecule has 4 heteroatoms. The number of hydrogen-bond acceptors (Lipinski definition) is 3. The van der Waals surface area contributed by atoms with Crippen LogP contribution in [0.25, 0.3) is 11.1 Å². The topological polar surface area (TPSA) is 15.7 Å². The van der Waals surface area contributed by atoms with Gasteiger partial charge in [0, 0.05) is 39.5 Å². The number of rotatable bonds is 4. The fourth-order valence-corrected chi connectivity index (χ4v) is 9.19. The molecule has 0 aromatic heterocycles. The molecule has 0 bridgehead atoms. The van der Waals surface area contributed by atoms with E-state index in [2.05, 4.69) is 175 Å². The monoisotopic (exact) mass is 654 g/mol. The summed E-state index contributed by atoms with van der Waals surface area (Å²) in [5.74, 6) is 1.97. The molecule has 0 fully saturated rings. The molecule has 2 heterocycles. The van der Waals surface area contributed by atoms with Crippen LogP contribution in [0.5, 0.6) is 11.5 Å². The second-order valence-electron chi connectivity index (χ2n) is 14.9. The van der Waals surface area contributed by atoms with E-state index in [-0.39, 0.29) is 12.1 Å². The van der Waals surface area contributed by atoms with Crippen molar-refractivity contribution in [2.24, 2.45) is 0 Å². The molecule has 0 spiro atoms. The molecule has 242 valence electrons. The van der Waals surface area contributed by atoms with E-state index in [1.54, 1.807) is 0 Å². The third-order valence-corrected chi connectivity index (χ3v) is 11.8. The molecule has 4 aliphatic rings. The Morgan fingerprint density at radius 1 is 0.549 bits per heavy atom. The summed E-state index contributed by atoms with van der Waals surface area (Å²) >= 11 is 0. The molecule has 0 unspecified atom stereocenters. The van der Waals surface area contributed by atoms with Gasteiger partial charge in [-0.15, -0.1) is 0 Å². The first-order valence-corrected chi connectivity index (χ1v) is 18.1. The Morgan fingerprint density at radius 3 is 1.92 bits per heavy atom. The molecule has 7 aromatic rings. The van der Waals surface area contributed by atoms with E-state index in [0.717, 1.165) is 47.1 Å². The number of para-hydroxylation sites is 3. The first kappa shape index (κ1) is 28.8. The zero-order valence-corrected chi connectivity index (χ0v) is 28.7. The maximum absolute atomic E-state index is 6.75. The van der Waals surface area contributed by atoms with Gasteiger partial charge in [0.15, 0.2) is 0 Å². The number of benzene rings is 7. The van der Waals surface area contributed by atoms with Crippen LogP contribution in [-0.2, 0) is 18.3 Å². The molecule has 51 heavy (non-hydrogen) atoms. The van der Waals surface area contributed by atoms with Crippen LogP contribution in [0.4, 0.5) is 34.1 Å². The van der Waals surface area contributed by atoms with Crippen LogP contribution in [0.15, 0.2) is 152 Å². The van der Waals surface area contributed by atoms with E-state index in [1.165, 1.54) is 61.1 Å². The van der Waals surface area contributed by atoms with Crippen molar-refractivity contribution < 1.29 is 4.74 Å². The van der Waals surface area contributed by atoms with E-state index in [1.807, 2.05) is 0 Å². The second kappa shape index (κ2) is 10.5. The first-order valence-electron chi connectivity index (χ1n) is 18.1. The largest absolute Gasteiger partial charge is 0.458 e. The molecule has 0 radical (unpaired) electrons. The molecule has 0 atom stereocenters. The average molecular weight is 655 g/mol. The fourth-order valence-electron chi connectivity index (χ4n) is 9.19. The van der Waals surface area contributed by atoms with Crippen molar-refractivity contribution in [1.82, 2.24) is 0 Å². The summed E-state index contributed by atoms with van der Waals surface area (Å²) in [5.41, 5.74) is 19.0. The van der Waals surface area contributed by atoms with Gasteiger partial charge in [0.05, 0.1) is 0 Å². The smallest absolute Gasteiger partial charge is 0.256 e.